The number of amidine groups is 1. The van der Waals surface area contributed by atoms with E-state index in [0.29, 0.717) is 15.2 Å². The molecule has 1 aliphatic heterocycles. The molecule has 172 valence electrons. The van der Waals surface area contributed by atoms with Gasteiger partial charge < -0.3 is 5.11 Å². The van der Waals surface area contributed by atoms with E-state index in [4.69, 9.17) is 10.1 Å². The quantitative estimate of drug-likeness (QED) is 0.417. The number of carboxylic acids is 1. The molecule has 2 fully saturated rings. The Morgan fingerprint density at radius 2 is 1.79 bits per heavy atom. The maximum absolute atomic E-state index is 13.5. The van der Waals surface area contributed by atoms with Crippen molar-refractivity contribution in [1.82, 2.24) is 9.88 Å². The predicted octanol–water partition coefficient (Wildman–Crippen LogP) is 6.45. The Kier molecular flexibility index (Phi) is 6.60. The first-order valence-electron chi connectivity index (χ1n) is 11.2. The van der Waals surface area contributed by atoms with Gasteiger partial charge in [-0.15, -0.1) is 11.3 Å². The Hall–Kier alpha value is -3.23. The summed E-state index contributed by atoms with van der Waals surface area (Å²) >= 11 is 2.83. The second kappa shape index (κ2) is 9.95. The number of aromatic nitrogens is 1. The summed E-state index contributed by atoms with van der Waals surface area (Å²) in [5.74, 6) is -1.01. The number of hydrogen-bond acceptors (Lipinski definition) is 6. The second-order valence-corrected chi connectivity index (χ2v) is 10.1. The fourth-order valence-corrected chi connectivity index (χ4v) is 6.03. The van der Waals surface area contributed by atoms with Crippen LogP contribution in [0.4, 0.5) is 5.13 Å². The first-order valence-corrected chi connectivity index (χ1v) is 12.9. The molecule has 0 bridgehead atoms. The van der Waals surface area contributed by atoms with Gasteiger partial charge in [-0.05, 0) is 48.4 Å². The number of hydrogen-bond donors (Lipinski definition) is 1. The van der Waals surface area contributed by atoms with Gasteiger partial charge in [0.25, 0.3) is 5.91 Å². The van der Waals surface area contributed by atoms with E-state index >= 15 is 0 Å². The summed E-state index contributed by atoms with van der Waals surface area (Å²) in [5.41, 5.74) is 2.91. The first kappa shape index (κ1) is 22.6. The van der Waals surface area contributed by atoms with Crippen LogP contribution in [0.2, 0.25) is 0 Å². The lowest BCUT2D eigenvalue weighted by Gasteiger charge is -2.30. The van der Waals surface area contributed by atoms with Gasteiger partial charge in [0, 0.05) is 17.0 Å². The number of thiazole rings is 1. The number of aliphatic imine (C=N–C) groups is 1. The zero-order chi connectivity index (χ0) is 23.5. The number of carbonyl (C=O) groups excluding carboxylic acids is 1. The van der Waals surface area contributed by atoms with Crippen LogP contribution in [0.25, 0.3) is 17.3 Å². The number of carbonyl (C=O) groups is 2. The van der Waals surface area contributed by atoms with E-state index in [0.717, 1.165) is 42.5 Å². The molecule has 3 aromatic rings. The normalized spacial score (nSPS) is 19.3. The monoisotopic (exact) mass is 489 g/mol. The molecule has 2 aliphatic rings. The molecule has 1 saturated heterocycles. The highest BCUT2D eigenvalue weighted by molar-refractivity contribution is 8.18. The van der Waals surface area contributed by atoms with E-state index < -0.39 is 5.97 Å². The van der Waals surface area contributed by atoms with Crippen LogP contribution in [0.1, 0.15) is 48.0 Å². The fraction of sp³-hybridized carbons (Fsp3) is 0.231. The summed E-state index contributed by atoms with van der Waals surface area (Å²) in [4.78, 5) is 36.5. The van der Waals surface area contributed by atoms with Crippen LogP contribution in [-0.2, 0) is 4.79 Å². The van der Waals surface area contributed by atoms with Gasteiger partial charge in [0.1, 0.15) is 0 Å². The Labute approximate surface area is 206 Å². The number of nitrogens with zero attached hydrogens (tertiary/aromatic N) is 3. The van der Waals surface area contributed by atoms with E-state index in [-0.39, 0.29) is 17.5 Å². The Bertz CT molecular complexity index is 1260. The van der Waals surface area contributed by atoms with Gasteiger partial charge in [-0.1, -0.05) is 61.7 Å². The fourth-order valence-electron chi connectivity index (χ4n) is 4.24. The number of thioether (sulfide) groups is 1. The van der Waals surface area contributed by atoms with Crippen molar-refractivity contribution in [2.75, 3.05) is 0 Å². The molecule has 0 radical (unpaired) electrons. The summed E-state index contributed by atoms with van der Waals surface area (Å²) in [6.45, 7) is 0. The maximum Gasteiger partial charge on any atom is 0.335 e. The molecule has 2 aromatic carbocycles. The Balaban J connectivity index is 1.46. The lowest BCUT2D eigenvalue weighted by Crippen LogP contribution is -2.40. The third-order valence-electron chi connectivity index (χ3n) is 5.99. The molecule has 8 heteroatoms. The van der Waals surface area contributed by atoms with Crippen LogP contribution in [-0.4, -0.2) is 38.1 Å². The van der Waals surface area contributed by atoms with Crippen molar-refractivity contribution in [2.24, 2.45) is 4.99 Å². The van der Waals surface area contributed by atoms with Crippen molar-refractivity contribution in [2.45, 2.75) is 38.1 Å². The molecule has 1 aromatic heterocycles. The first-order chi connectivity index (χ1) is 16.6. The molecule has 1 saturated carbocycles. The van der Waals surface area contributed by atoms with Crippen molar-refractivity contribution < 1.29 is 14.7 Å². The summed E-state index contributed by atoms with van der Waals surface area (Å²) in [6.07, 6.45) is 7.17. The third kappa shape index (κ3) is 4.83. The van der Waals surface area contributed by atoms with Crippen LogP contribution < -0.4 is 0 Å². The van der Waals surface area contributed by atoms with E-state index in [1.54, 1.807) is 24.3 Å². The van der Waals surface area contributed by atoms with E-state index in [9.17, 15) is 9.59 Å². The summed E-state index contributed by atoms with van der Waals surface area (Å²) < 4.78 is 0. The number of carboxylic acid groups (broad SMARTS) is 1. The maximum atomic E-state index is 13.5. The highest BCUT2D eigenvalue weighted by Gasteiger charge is 2.38. The SMILES string of the molecule is O=C(O)c1ccc(/C=C2\S/C(=N/c3nc(-c4ccccc4)cs3)N(C3CCCCC3)C2=O)cc1. The van der Waals surface area contributed by atoms with Crippen LogP contribution in [0, 0.1) is 0 Å². The molecule has 1 N–H and O–H groups in total. The molecule has 6 nitrogen and oxygen atoms in total. The van der Waals surface area contributed by atoms with E-state index in [1.165, 1.54) is 29.5 Å². The Morgan fingerprint density at radius 1 is 1.06 bits per heavy atom. The average Bonchev–Trinajstić information content (AvgIpc) is 3.45. The van der Waals surface area contributed by atoms with Gasteiger partial charge in [-0.2, -0.15) is 4.99 Å². The average molecular weight is 490 g/mol. The van der Waals surface area contributed by atoms with Crippen LogP contribution in [0.15, 0.2) is 69.9 Å². The van der Waals surface area contributed by atoms with Crippen molar-refractivity contribution in [3.05, 3.63) is 76.0 Å². The zero-order valence-corrected chi connectivity index (χ0v) is 20.0. The molecule has 1 aliphatic carbocycles. The minimum atomic E-state index is -0.971. The molecular weight excluding hydrogens is 466 g/mol. The molecule has 1 amide bonds. The predicted molar refractivity (Wildman–Crippen MR) is 137 cm³/mol. The van der Waals surface area contributed by atoms with Gasteiger partial charge in [0.05, 0.1) is 16.2 Å². The summed E-state index contributed by atoms with van der Waals surface area (Å²) in [6, 6.07) is 16.7. The second-order valence-electron chi connectivity index (χ2n) is 8.28. The van der Waals surface area contributed by atoms with Crippen LogP contribution in [0.5, 0.6) is 0 Å². The van der Waals surface area contributed by atoms with Crippen molar-refractivity contribution in [3.63, 3.8) is 0 Å². The van der Waals surface area contributed by atoms with Gasteiger partial charge >= 0.3 is 5.97 Å². The van der Waals surface area contributed by atoms with Gasteiger partial charge in [0.2, 0.25) is 5.13 Å². The van der Waals surface area contributed by atoms with Gasteiger partial charge in [0.15, 0.2) is 5.17 Å². The number of rotatable bonds is 5. The molecule has 34 heavy (non-hydrogen) atoms. The minimum absolute atomic E-state index is 0.0437. The van der Waals surface area contributed by atoms with Gasteiger partial charge in [-0.3, -0.25) is 9.69 Å². The molecular formula is C26H23N3O3S2. The molecule has 0 spiro atoms. The molecule has 5 rings (SSSR count). The van der Waals surface area contributed by atoms with E-state index in [1.807, 2.05) is 46.7 Å². The summed E-state index contributed by atoms with van der Waals surface area (Å²) in [5, 5.41) is 12.4. The largest absolute Gasteiger partial charge is 0.478 e. The number of benzene rings is 2. The van der Waals surface area contributed by atoms with Crippen molar-refractivity contribution in [3.8, 4) is 11.3 Å². The Morgan fingerprint density at radius 3 is 2.50 bits per heavy atom. The zero-order valence-electron chi connectivity index (χ0n) is 18.4. The summed E-state index contributed by atoms with van der Waals surface area (Å²) in [7, 11) is 0. The van der Waals surface area contributed by atoms with Crippen LogP contribution in [0.3, 0.4) is 0 Å². The standard InChI is InChI=1S/C26H23N3O3S2/c30-23-22(15-17-11-13-19(14-12-17)24(31)32)34-26(29(23)20-9-5-2-6-10-20)28-25-27-21(16-33-25)18-7-3-1-4-8-18/h1,3-4,7-8,11-16,20H,2,5-6,9-10H2,(H,31,32)/b22-15-,28-26+. The smallest absolute Gasteiger partial charge is 0.335 e. The lowest BCUT2D eigenvalue weighted by atomic mass is 9.94. The minimum Gasteiger partial charge on any atom is -0.478 e. The third-order valence-corrected chi connectivity index (χ3v) is 7.70. The van der Waals surface area contributed by atoms with Crippen molar-refractivity contribution >= 4 is 51.4 Å². The van der Waals surface area contributed by atoms with E-state index in [2.05, 4.69) is 4.98 Å². The van der Waals surface area contributed by atoms with Gasteiger partial charge in [-0.25, -0.2) is 9.78 Å². The number of aromatic carboxylic acids is 1. The lowest BCUT2D eigenvalue weighted by molar-refractivity contribution is -0.124. The highest BCUT2D eigenvalue weighted by atomic mass is 32.2. The molecule has 2 heterocycles. The van der Waals surface area contributed by atoms with Crippen LogP contribution >= 0.6 is 23.1 Å². The highest BCUT2D eigenvalue weighted by Crippen LogP contribution is 2.39. The topological polar surface area (TPSA) is 82.9 Å². The molecule has 0 unspecified atom stereocenters. The van der Waals surface area contributed by atoms with Crippen molar-refractivity contribution in [1.29, 1.82) is 0 Å². The molecule has 0 atom stereocenters. The number of amides is 1.